The molecule has 0 bridgehead atoms. The Balaban J connectivity index is 1.92. The van der Waals surface area contributed by atoms with E-state index in [1.165, 1.54) is 11.3 Å². The maximum atomic E-state index is 12.7. The van der Waals surface area contributed by atoms with Gasteiger partial charge in [-0.2, -0.15) is 0 Å². The van der Waals surface area contributed by atoms with Crippen molar-refractivity contribution in [3.63, 3.8) is 0 Å². The molecule has 2 aromatic rings. The van der Waals surface area contributed by atoms with Crippen LogP contribution in [0.3, 0.4) is 0 Å². The number of nitrogens with zero attached hydrogens (tertiary/aromatic N) is 1. The zero-order valence-electron chi connectivity index (χ0n) is 11.5. The van der Waals surface area contributed by atoms with Gasteiger partial charge in [0.05, 0.1) is 5.69 Å². The van der Waals surface area contributed by atoms with E-state index >= 15 is 0 Å². The zero-order chi connectivity index (χ0) is 15.0. The fourth-order valence-corrected chi connectivity index (χ4v) is 4.03. The minimum absolute atomic E-state index is 0.0389. The number of nitrogen functional groups attached to an aromatic ring is 1. The van der Waals surface area contributed by atoms with Crippen molar-refractivity contribution in [1.29, 1.82) is 0 Å². The van der Waals surface area contributed by atoms with Crippen LogP contribution in [0.25, 0.3) is 10.1 Å². The molecule has 1 aliphatic rings. The minimum atomic E-state index is -0.0389. The Kier molecular flexibility index (Phi) is 4.06. The highest BCUT2D eigenvalue weighted by Crippen LogP contribution is 2.36. The standard InChI is InChI=1S/C15H17ClN2O2S/c16-10-3-4-12-11(6-10)13(17)14(21-12)15(20)18-5-1-2-9(7-18)8-19/h3-4,6,9,19H,1-2,5,7-8,17H2. The second kappa shape index (κ2) is 5.83. The summed E-state index contributed by atoms with van der Waals surface area (Å²) in [5, 5.41) is 10.7. The Morgan fingerprint density at radius 1 is 1.52 bits per heavy atom. The molecule has 3 N–H and O–H groups in total. The number of amides is 1. The van der Waals surface area contributed by atoms with E-state index in [0.717, 1.165) is 29.5 Å². The number of nitrogens with two attached hydrogens (primary N) is 1. The number of piperidine rings is 1. The molecule has 1 aromatic heterocycles. The molecule has 0 aliphatic carbocycles. The van der Waals surface area contributed by atoms with Crippen LogP contribution in [0.2, 0.25) is 5.02 Å². The van der Waals surface area contributed by atoms with Gasteiger partial charge in [0.25, 0.3) is 5.91 Å². The molecule has 1 fully saturated rings. The lowest BCUT2D eigenvalue weighted by Crippen LogP contribution is -2.40. The lowest BCUT2D eigenvalue weighted by Gasteiger charge is -2.31. The first-order valence-corrected chi connectivity index (χ1v) is 8.17. The topological polar surface area (TPSA) is 66.6 Å². The van der Waals surface area contributed by atoms with E-state index in [4.69, 9.17) is 17.3 Å². The SMILES string of the molecule is Nc1c(C(=O)N2CCCC(CO)C2)sc2ccc(Cl)cc12. The fourth-order valence-electron chi connectivity index (χ4n) is 2.79. The number of fused-ring (bicyclic) bond motifs is 1. The average Bonchev–Trinajstić information content (AvgIpc) is 2.83. The quantitative estimate of drug-likeness (QED) is 0.892. The van der Waals surface area contributed by atoms with Crippen LogP contribution in [-0.4, -0.2) is 35.6 Å². The molecule has 6 heteroatoms. The van der Waals surface area contributed by atoms with Crippen LogP contribution < -0.4 is 5.73 Å². The molecule has 1 unspecified atom stereocenters. The third-order valence-electron chi connectivity index (χ3n) is 3.95. The van der Waals surface area contributed by atoms with Crippen LogP contribution in [0.15, 0.2) is 18.2 Å². The molecule has 1 saturated heterocycles. The summed E-state index contributed by atoms with van der Waals surface area (Å²) in [6.07, 6.45) is 1.89. The zero-order valence-corrected chi connectivity index (χ0v) is 13.1. The molecule has 2 heterocycles. The van der Waals surface area contributed by atoms with Gasteiger partial charge < -0.3 is 15.7 Å². The third kappa shape index (κ3) is 2.73. The molecular weight excluding hydrogens is 308 g/mol. The van der Waals surface area contributed by atoms with Crippen molar-refractivity contribution in [2.45, 2.75) is 12.8 Å². The highest BCUT2D eigenvalue weighted by atomic mass is 35.5. The van der Waals surface area contributed by atoms with Gasteiger partial charge >= 0.3 is 0 Å². The van der Waals surface area contributed by atoms with Crippen molar-refractivity contribution < 1.29 is 9.90 Å². The maximum absolute atomic E-state index is 12.7. The second-order valence-corrected chi connectivity index (χ2v) is 6.92. The molecule has 0 spiro atoms. The van der Waals surface area contributed by atoms with E-state index in [1.807, 2.05) is 6.07 Å². The Morgan fingerprint density at radius 2 is 2.33 bits per heavy atom. The van der Waals surface area contributed by atoms with Crippen molar-refractivity contribution in [2.75, 3.05) is 25.4 Å². The van der Waals surface area contributed by atoms with Gasteiger partial charge in [-0.3, -0.25) is 4.79 Å². The minimum Gasteiger partial charge on any atom is -0.397 e. The van der Waals surface area contributed by atoms with E-state index in [-0.39, 0.29) is 18.4 Å². The van der Waals surface area contributed by atoms with Crippen LogP contribution in [0.1, 0.15) is 22.5 Å². The largest absolute Gasteiger partial charge is 0.397 e. The van der Waals surface area contributed by atoms with Crippen molar-refractivity contribution in [2.24, 2.45) is 5.92 Å². The Bertz CT molecular complexity index is 686. The summed E-state index contributed by atoms with van der Waals surface area (Å²) in [6, 6.07) is 5.49. The lowest BCUT2D eigenvalue weighted by atomic mass is 9.99. The highest BCUT2D eigenvalue weighted by molar-refractivity contribution is 7.21. The molecular formula is C15H17ClN2O2S. The fraction of sp³-hybridized carbons (Fsp3) is 0.400. The molecule has 1 aliphatic heterocycles. The molecule has 1 amide bonds. The Labute approximate surface area is 132 Å². The summed E-state index contributed by atoms with van der Waals surface area (Å²) in [7, 11) is 0. The number of aliphatic hydroxyl groups is 1. The number of anilines is 1. The van der Waals surface area contributed by atoms with E-state index in [2.05, 4.69) is 0 Å². The number of thiophene rings is 1. The summed E-state index contributed by atoms with van der Waals surface area (Å²) in [6.45, 7) is 1.45. The molecule has 0 saturated carbocycles. The molecule has 21 heavy (non-hydrogen) atoms. The van der Waals surface area contributed by atoms with Crippen molar-refractivity contribution >= 4 is 44.6 Å². The number of hydrogen-bond acceptors (Lipinski definition) is 4. The lowest BCUT2D eigenvalue weighted by molar-refractivity contribution is 0.0626. The number of carbonyl (C=O) groups excluding carboxylic acids is 1. The monoisotopic (exact) mass is 324 g/mol. The summed E-state index contributed by atoms with van der Waals surface area (Å²) in [5.41, 5.74) is 6.65. The normalized spacial score (nSPS) is 19.1. The predicted molar refractivity (Wildman–Crippen MR) is 87.0 cm³/mol. The first kappa shape index (κ1) is 14.6. The molecule has 4 nitrogen and oxygen atoms in total. The summed E-state index contributed by atoms with van der Waals surface area (Å²) in [4.78, 5) is 15.1. The van der Waals surface area contributed by atoms with Gasteiger partial charge in [-0.1, -0.05) is 11.6 Å². The first-order chi connectivity index (χ1) is 10.1. The van der Waals surface area contributed by atoms with Gasteiger partial charge in [-0.15, -0.1) is 11.3 Å². The number of rotatable bonds is 2. The predicted octanol–water partition coefficient (Wildman–Crippen LogP) is 2.98. The number of likely N-dealkylation sites (tertiary alicyclic amines) is 1. The molecule has 1 aromatic carbocycles. The van der Waals surface area contributed by atoms with Crippen LogP contribution in [-0.2, 0) is 0 Å². The third-order valence-corrected chi connectivity index (χ3v) is 5.36. The van der Waals surface area contributed by atoms with Crippen LogP contribution in [0.4, 0.5) is 5.69 Å². The van der Waals surface area contributed by atoms with Gasteiger partial charge in [0.2, 0.25) is 0 Å². The second-order valence-electron chi connectivity index (χ2n) is 5.43. The maximum Gasteiger partial charge on any atom is 0.266 e. The summed E-state index contributed by atoms with van der Waals surface area (Å²) in [5.74, 6) is 0.135. The van der Waals surface area contributed by atoms with Gasteiger partial charge in [0, 0.05) is 34.8 Å². The molecule has 0 radical (unpaired) electrons. The molecule has 1 atom stereocenters. The summed E-state index contributed by atoms with van der Waals surface area (Å²) >= 11 is 7.40. The molecule has 3 rings (SSSR count). The van der Waals surface area contributed by atoms with Crippen molar-refractivity contribution in [1.82, 2.24) is 4.90 Å². The van der Waals surface area contributed by atoms with Crippen molar-refractivity contribution in [3.05, 3.63) is 28.1 Å². The van der Waals surface area contributed by atoms with Gasteiger partial charge in [0.15, 0.2) is 0 Å². The Hall–Kier alpha value is -1.30. The number of hydrogen-bond donors (Lipinski definition) is 2. The van der Waals surface area contributed by atoms with Crippen molar-refractivity contribution in [3.8, 4) is 0 Å². The first-order valence-electron chi connectivity index (χ1n) is 6.98. The van der Waals surface area contributed by atoms with E-state index in [9.17, 15) is 9.90 Å². The van der Waals surface area contributed by atoms with E-state index < -0.39 is 0 Å². The Morgan fingerprint density at radius 3 is 3.10 bits per heavy atom. The van der Waals surface area contributed by atoms with Crippen LogP contribution in [0.5, 0.6) is 0 Å². The average molecular weight is 325 g/mol. The van der Waals surface area contributed by atoms with Crippen LogP contribution >= 0.6 is 22.9 Å². The van der Waals surface area contributed by atoms with Gasteiger partial charge in [0.1, 0.15) is 4.88 Å². The number of carbonyl (C=O) groups is 1. The number of halogens is 1. The van der Waals surface area contributed by atoms with Gasteiger partial charge in [-0.05, 0) is 37.0 Å². The van der Waals surface area contributed by atoms with Crippen LogP contribution in [0, 0.1) is 5.92 Å². The highest BCUT2D eigenvalue weighted by Gasteiger charge is 2.27. The van der Waals surface area contributed by atoms with E-state index in [1.54, 1.807) is 17.0 Å². The summed E-state index contributed by atoms with van der Waals surface area (Å²) < 4.78 is 0.968. The smallest absolute Gasteiger partial charge is 0.266 e. The molecule has 112 valence electrons. The van der Waals surface area contributed by atoms with Gasteiger partial charge in [-0.25, -0.2) is 0 Å². The van der Waals surface area contributed by atoms with E-state index in [0.29, 0.717) is 22.1 Å². The number of aliphatic hydroxyl groups excluding tert-OH is 1. The number of benzene rings is 1.